The summed E-state index contributed by atoms with van der Waals surface area (Å²) in [5, 5.41) is 2.96. The first-order valence-electron chi connectivity index (χ1n) is 10.6. The zero-order chi connectivity index (χ0) is 23.9. The van der Waals surface area contributed by atoms with Gasteiger partial charge in [-0.3, -0.25) is 14.4 Å². The van der Waals surface area contributed by atoms with Crippen LogP contribution in [0.5, 0.6) is 5.75 Å². The normalized spacial score (nSPS) is 14.5. The molecule has 0 bridgehead atoms. The maximum absolute atomic E-state index is 12.9. The highest BCUT2D eigenvalue weighted by atomic mass is 35.5. The highest BCUT2D eigenvalue weighted by Gasteiger charge is 2.36. The van der Waals surface area contributed by atoms with Gasteiger partial charge in [0, 0.05) is 17.1 Å². The van der Waals surface area contributed by atoms with Crippen LogP contribution in [-0.4, -0.2) is 30.2 Å². The number of thioether (sulfide) groups is 1. The Morgan fingerprint density at radius 3 is 2.44 bits per heavy atom. The quantitative estimate of drug-likeness (QED) is 0.431. The number of para-hydroxylation sites is 1. The zero-order valence-electron chi connectivity index (χ0n) is 18.1. The van der Waals surface area contributed by atoms with Crippen LogP contribution in [0.1, 0.15) is 11.1 Å². The van der Waals surface area contributed by atoms with Crippen molar-refractivity contribution >= 4 is 52.2 Å². The number of carbonyl (C=O) groups excluding carboxylic acids is 3. The number of imide groups is 1. The summed E-state index contributed by atoms with van der Waals surface area (Å²) in [4.78, 5) is 39.0. The summed E-state index contributed by atoms with van der Waals surface area (Å²) in [5.74, 6) is -0.224. The highest BCUT2D eigenvalue weighted by molar-refractivity contribution is 8.19. The SMILES string of the molecule is O=C(COc1ccccc1/C=C1/SC(=O)N(c2ccc(Cl)cc2)C1=O)NCCc1ccccc1. The van der Waals surface area contributed by atoms with Gasteiger partial charge in [-0.05, 0) is 60.2 Å². The monoisotopic (exact) mass is 492 g/mol. The van der Waals surface area contributed by atoms with Gasteiger partial charge in [-0.15, -0.1) is 0 Å². The number of ether oxygens (including phenoxy) is 1. The van der Waals surface area contributed by atoms with Crippen molar-refractivity contribution in [3.63, 3.8) is 0 Å². The third kappa shape index (κ3) is 5.87. The van der Waals surface area contributed by atoms with Crippen molar-refractivity contribution in [3.8, 4) is 5.75 Å². The first kappa shape index (κ1) is 23.6. The van der Waals surface area contributed by atoms with Gasteiger partial charge in [0.1, 0.15) is 5.75 Å². The summed E-state index contributed by atoms with van der Waals surface area (Å²) in [6.07, 6.45) is 2.33. The lowest BCUT2D eigenvalue weighted by Gasteiger charge is -2.12. The van der Waals surface area contributed by atoms with Crippen LogP contribution in [-0.2, 0) is 16.0 Å². The minimum atomic E-state index is -0.425. The second-order valence-corrected chi connectivity index (χ2v) is 8.84. The molecule has 1 aliphatic heterocycles. The number of nitrogens with one attached hydrogen (secondary N) is 1. The van der Waals surface area contributed by atoms with Gasteiger partial charge in [0.25, 0.3) is 17.1 Å². The van der Waals surface area contributed by atoms with Crippen LogP contribution in [0, 0.1) is 0 Å². The first-order valence-corrected chi connectivity index (χ1v) is 11.8. The van der Waals surface area contributed by atoms with Crippen molar-refractivity contribution in [2.75, 3.05) is 18.1 Å². The topological polar surface area (TPSA) is 75.7 Å². The fourth-order valence-corrected chi connectivity index (χ4v) is 4.30. The van der Waals surface area contributed by atoms with Gasteiger partial charge in [0.2, 0.25) is 0 Å². The molecule has 3 aromatic rings. The Kier molecular flexibility index (Phi) is 7.67. The molecule has 3 aromatic carbocycles. The van der Waals surface area contributed by atoms with Gasteiger partial charge in [0.15, 0.2) is 6.61 Å². The fourth-order valence-electron chi connectivity index (χ4n) is 3.34. The van der Waals surface area contributed by atoms with Crippen LogP contribution in [0.25, 0.3) is 6.08 Å². The molecule has 0 aliphatic carbocycles. The van der Waals surface area contributed by atoms with Gasteiger partial charge < -0.3 is 10.1 Å². The number of nitrogens with zero attached hydrogens (tertiary/aromatic N) is 1. The molecule has 0 spiro atoms. The predicted octanol–water partition coefficient (Wildman–Crippen LogP) is 5.32. The molecule has 1 N–H and O–H groups in total. The molecule has 34 heavy (non-hydrogen) atoms. The lowest BCUT2D eigenvalue weighted by Crippen LogP contribution is -2.30. The minimum absolute atomic E-state index is 0.161. The summed E-state index contributed by atoms with van der Waals surface area (Å²) in [6.45, 7) is 0.345. The Balaban J connectivity index is 1.39. The molecule has 6 nitrogen and oxygen atoms in total. The van der Waals surface area contributed by atoms with Gasteiger partial charge in [-0.1, -0.05) is 60.1 Å². The van der Waals surface area contributed by atoms with E-state index in [1.165, 1.54) is 0 Å². The molecular weight excluding hydrogens is 472 g/mol. The van der Waals surface area contributed by atoms with Crippen molar-refractivity contribution in [1.82, 2.24) is 5.32 Å². The molecular formula is C26H21ClN2O4S. The van der Waals surface area contributed by atoms with Gasteiger partial charge in [-0.2, -0.15) is 0 Å². The Labute approximate surface area is 206 Å². The number of rotatable bonds is 8. The standard InChI is InChI=1S/C26H21ClN2O4S/c27-20-10-12-21(13-11-20)29-25(31)23(34-26(29)32)16-19-8-4-5-9-22(19)33-17-24(30)28-15-14-18-6-2-1-3-7-18/h1-13,16H,14-15,17H2,(H,28,30)/b23-16+. The Bertz CT molecular complexity index is 1230. The second-order valence-electron chi connectivity index (χ2n) is 7.41. The lowest BCUT2D eigenvalue weighted by atomic mass is 10.1. The molecule has 3 amide bonds. The molecule has 1 heterocycles. The van der Waals surface area contributed by atoms with Crippen LogP contribution in [0.15, 0.2) is 83.8 Å². The van der Waals surface area contributed by atoms with Crippen LogP contribution in [0.2, 0.25) is 5.02 Å². The molecule has 1 saturated heterocycles. The molecule has 8 heteroatoms. The fraction of sp³-hybridized carbons (Fsp3) is 0.115. The molecule has 0 saturated carbocycles. The molecule has 1 aliphatic rings. The van der Waals surface area contributed by atoms with E-state index in [1.807, 2.05) is 30.3 Å². The molecule has 0 atom stereocenters. The average molecular weight is 493 g/mol. The molecule has 0 aromatic heterocycles. The van der Waals surface area contributed by atoms with Crippen molar-refractivity contribution in [2.24, 2.45) is 0 Å². The largest absolute Gasteiger partial charge is 0.483 e. The van der Waals surface area contributed by atoms with Crippen molar-refractivity contribution in [3.05, 3.63) is 99.9 Å². The summed E-state index contributed by atoms with van der Waals surface area (Å²) in [5.41, 5.74) is 2.19. The minimum Gasteiger partial charge on any atom is -0.483 e. The Hall–Kier alpha value is -3.55. The van der Waals surface area contributed by atoms with Crippen LogP contribution in [0.4, 0.5) is 10.5 Å². The van der Waals surface area contributed by atoms with Crippen LogP contribution < -0.4 is 15.0 Å². The van der Waals surface area contributed by atoms with Gasteiger partial charge >= 0.3 is 0 Å². The summed E-state index contributed by atoms with van der Waals surface area (Å²) in [6, 6.07) is 23.4. The molecule has 4 rings (SSSR count). The molecule has 0 unspecified atom stereocenters. The smallest absolute Gasteiger partial charge is 0.298 e. The third-order valence-electron chi connectivity index (χ3n) is 5.02. The number of amides is 3. The van der Waals surface area contributed by atoms with Gasteiger partial charge in [0.05, 0.1) is 10.6 Å². The number of hydrogen-bond acceptors (Lipinski definition) is 5. The van der Waals surface area contributed by atoms with Crippen molar-refractivity contribution in [2.45, 2.75) is 6.42 Å². The van der Waals surface area contributed by atoms with Crippen molar-refractivity contribution < 1.29 is 19.1 Å². The van der Waals surface area contributed by atoms with Crippen LogP contribution >= 0.6 is 23.4 Å². The average Bonchev–Trinajstić information content (AvgIpc) is 3.12. The first-order chi connectivity index (χ1) is 16.5. The highest BCUT2D eigenvalue weighted by Crippen LogP contribution is 2.37. The number of benzene rings is 3. The summed E-state index contributed by atoms with van der Waals surface area (Å²) in [7, 11) is 0. The van der Waals surface area contributed by atoms with E-state index >= 15 is 0 Å². The zero-order valence-corrected chi connectivity index (χ0v) is 19.6. The van der Waals surface area contributed by atoms with E-state index < -0.39 is 11.1 Å². The maximum Gasteiger partial charge on any atom is 0.298 e. The Morgan fingerprint density at radius 1 is 0.971 bits per heavy atom. The molecule has 0 radical (unpaired) electrons. The Morgan fingerprint density at radius 2 is 1.68 bits per heavy atom. The van der Waals surface area contributed by atoms with Gasteiger partial charge in [-0.25, -0.2) is 4.90 Å². The second kappa shape index (κ2) is 11.0. The van der Waals surface area contributed by atoms with E-state index in [2.05, 4.69) is 5.32 Å². The summed E-state index contributed by atoms with van der Waals surface area (Å²) >= 11 is 6.75. The number of carbonyl (C=O) groups is 3. The number of anilines is 1. The molecule has 172 valence electrons. The van der Waals surface area contributed by atoms with Crippen LogP contribution in [0.3, 0.4) is 0 Å². The maximum atomic E-state index is 12.9. The number of hydrogen-bond donors (Lipinski definition) is 1. The third-order valence-corrected chi connectivity index (χ3v) is 6.14. The van der Waals surface area contributed by atoms with E-state index in [-0.39, 0.29) is 17.4 Å². The number of halogens is 1. The van der Waals surface area contributed by atoms with E-state index in [0.29, 0.717) is 28.6 Å². The molecule has 1 fully saturated rings. The predicted molar refractivity (Wildman–Crippen MR) is 135 cm³/mol. The van der Waals surface area contributed by atoms with E-state index in [0.717, 1.165) is 28.6 Å². The van der Waals surface area contributed by atoms with E-state index in [4.69, 9.17) is 16.3 Å². The summed E-state index contributed by atoms with van der Waals surface area (Å²) < 4.78 is 5.71. The van der Waals surface area contributed by atoms with Crippen molar-refractivity contribution in [1.29, 1.82) is 0 Å². The lowest BCUT2D eigenvalue weighted by molar-refractivity contribution is -0.123. The van der Waals surface area contributed by atoms with E-state index in [9.17, 15) is 14.4 Å². The van der Waals surface area contributed by atoms with E-state index in [1.54, 1.807) is 54.6 Å².